The Morgan fingerprint density at radius 1 is 1.28 bits per heavy atom. The van der Waals surface area contributed by atoms with Gasteiger partial charge in [0, 0.05) is 18.2 Å². The first-order valence-corrected chi connectivity index (χ1v) is 5.83. The zero-order valence-electron chi connectivity index (χ0n) is 10.8. The van der Waals surface area contributed by atoms with Crippen LogP contribution in [0.2, 0.25) is 0 Å². The Balaban J connectivity index is 2.89. The van der Waals surface area contributed by atoms with Gasteiger partial charge in [-0.25, -0.2) is 0 Å². The zero-order chi connectivity index (χ0) is 13.7. The largest absolute Gasteiger partial charge is 0.434 e. The van der Waals surface area contributed by atoms with Gasteiger partial charge in [0.05, 0.1) is 6.61 Å². The highest BCUT2D eigenvalue weighted by molar-refractivity contribution is 5.41. The molecule has 0 saturated heterocycles. The van der Waals surface area contributed by atoms with Crippen molar-refractivity contribution in [2.24, 2.45) is 0 Å². The zero-order valence-corrected chi connectivity index (χ0v) is 10.8. The van der Waals surface area contributed by atoms with Gasteiger partial charge in [-0.15, -0.1) is 0 Å². The van der Waals surface area contributed by atoms with Crippen LogP contribution >= 0.6 is 0 Å². The second-order valence-corrected chi connectivity index (χ2v) is 4.39. The topological polar surface area (TPSA) is 41.5 Å². The summed E-state index contributed by atoms with van der Waals surface area (Å²) in [5, 5.41) is 11.9. The number of hydrogen-bond acceptors (Lipinski definition) is 3. The van der Waals surface area contributed by atoms with Crippen LogP contribution in [0.5, 0.6) is 5.75 Å². The Bertz CT molecular complexity index is 397. The second kappa shape index (κ2) is 6.66. The van der Waals surface area contributed by atoms with Gasteiger partial charge in [0.25, 0.3) is 0 Å². The van der Waals surface area contributed by atoms with Crippen molar-refractivity contribution in [1.29, 1.82) is 0 Å². The van der Waals surface area contributed by atoms with Crippen molar-refractivity contribution in [3.05, 3.63) is 28.8 Å². The molecule has 1 rings (SSSR count). The highest BCUT2D eigenvalue weighted by Crippen LogP contribution is 2.25. The fourth-order valence-electron chi connectivity index (χ4n) is 1.54. The Morgan fingerprint density at radius 3 is 2.44 bits per heavy atom. The highest BCUT2D eigenvalue weighted by atomic mass is 19.3. The number of halogens is 2. The fraction of sp³-hybridized carbons (Fsp3) is 0.538. The summed E-state index contributed by atoms with van der Waals surface area (Å²) in [7, 11) is 0. The minimum atomic E-state index is -2.83. The van der Waals surface area contributed by atoms with Crippen molar-refractivity contribution < 1.29 is 18.6 Å². The molecular weight excluding hydrogens is 240 g/mol. The number of benzene rings is 1. The lowest BCUT2D eigenvalue weighted by Crippen LogP contribution is -2.29. The number of nitrogens with one attached hydrogen (secondary N) is 1. The molecular formula is C13H19F2NO2. The van der Waals surface area contributed by atoms with E-state index >= 15 is 0 Å². The molecule has 1 aromatic carbocycles. The smallest absolute Gasteiger partial charge is 0.387 e. The molecule has 0 aromatic heterocycles. The summed E-state index contributed by atoms with van der Waals surface area (Å²) < 4.78 is 29.1. The summed E-state index contributed by atoms with van der Waals surface area (Å²) in [6.45, 7) is 3.12. The van der Waals surface area contributed by atoms with Crippen molar-refractivity contribution in [3.63, 3.8) is 0 Å². The van der Waals surface area contributed by atoms with Crippen molar-refractivity contribution in [1.82, 2.24) is 5.32 Å². The first kappa shape index (κ1) is 14.9. The normalized spacial score (nSPS) is 12.8. The lowest BCUT2D eigenvalue weighted by molar-refractivity contribution is -0.0505. The molecule has 2 N–H and O–H groups in total. The molecule has 0 aliphatic rings. The van der Waals surface area contributed by atoms with Gasteiger partial charge in [-0.05, 0) is 38.0 Å². The van der Waals surface area contributed by atoms with Crippen molar-refractivity contribution in [2.75, 3.05) is 6.61 Å². The lowest BCUT2D eigenvalue weighted by Gasteiger charge is -2.16. The lowest BCUT2D eigenvalue weighted by atomic mass is 10.0. The summed E-state index contributed by atoms with van der Waals surface area (Å²) in [4.78, 5) is 0. The van der Waals surface area contributed by atoms with Gasteiger partial charge in [-0.3, -0.25) is 0 Å². The number of aliphatic hydroxyl groups excluding tert-OH is 1. The Kier molecular flexibility index (Phi) is 5.50. The first-order chi connectivity index (χ1) is 8.43. The van der Waals surface area contributed by atoms with Gasteiger partial charge in [0.1, 0.15) is 5.75 Å². The quantitative estimate of drug-likeness (QED) is 0.824. The Labute approximate surface area is 106 Å². The molecule has 1 unspecified atom stereocenters. The molecule has 0 aliphatic heterocycles. The van der Waals surface area contributed by atoms with Crippen molar-refractivity contribution in [3.8, 4) is 5.75 Å². The van der Waals surface area contributed by atoms with Crippen LogP contribution in [0.4, 0.5) is 8.78 Å². The van der Waals surface area contributed by atoms with Crippen molar-refractivity contribution >= 4 is 0 Å². The summed E-state index contributed by atoms with van der Waals surface area (Å²) in [5.74, 6) is 0.186. The number of ether oxygens (including phenoxy) is 1. The van der Waals surface area contributed by atoms with E-state index in [2.05, 4.69) is 10.1 Å². The van der Waals surface area contributed by atoms with Crippen LogP contribution in [-0.2, 0) is 6.54 Å². The molecule has 0 amide bonds. The molecule has 0 spiro atoms. The Hall–Kier alpha value is -1.20. The predicted molar refractivity (Wildman–Crippen MR) is 65.9 cm³/mol. The highest BCUT2D eigenvalue weighted by Gasteiger charge is 2.12. The monoisotopic (exact) mass is 259 g/mol. The van der Waals surface area contributed by atoms with E-state index < -0.39 is 6.61 Å². The van der Waals surface area contributed by atoms with Crippen LogP contribution in [0.25, 0.3) is 0 Å². The van der Waals surface area contributed by atoms with Gasteiger partial charge >= 0.3 is 6.61 Å². The molecule has 18 heavy (non-hydrogen) atoms. The summed E-state index contributed by atoms with van der Waals surface area (Å²) in [5.41, 5.74) is 2.59. The van der Waals surface area contributed by atoms with E-state index in [-0.39, 0.29) is 18.4 Å². The third-order valence-corrected chi connectivity index (χ3v) is 2.81. The SMILES string of the molecule is Cc1cc(CNC(C)CO)c(OC(F)F)cc1C. The molecule has 0 saturated carbocycles. The van der Waals surface area contributed by atoms with Crippen LogP contribution in [0.1, 0.15) is 23.6 Å². The molecule has 3 nitrogen and oxygen atoms in total. The molecule has 1 atom stereocenters. The average Bonchev–Trinajstić information content (AvgIpc) is 2.30. The average molecular weight is 259 g/mol. The molecule has 1 aromatic rings. The van der Waals surface area contributed by atoms with Crippen LogP contribution < -0.4 is 10.1 Å². The minimum absolute atomic E-state index is 0.00409. The number of aliphatic hydroxyl groups is 1. The summed E-state index contributed by atoms with van der Waals surface area (Å²) in [6.07, 6.45) is 0. The van der Waals surface area contributed by atoms with E-state index in [4.69, 9.17) is 5.11 Å². The van der Waals surface area contributed by atoms with Gasteiger partial charge in [-0.1, -0.05) is 6.07 Å². The molecule has 102 valence electrons. The number of aryl methyl sites for hydroxylation is 2. The maximum Gasteiger partial charge on any atom is 0.387 e. The number of hydrogen-bond donors (Lipinski definition) is 2. The van der Waals surface area contributed by atoms with Gasteiger partial charge in [0.15, 0.2) is 0 Å². The fourth-order valence-corrected chi connectivity index (χ4v) is 1.54. The molecule has 0 radical (unpaired) electrons. The van der Waals surface area contributed by atoms with E-state index in [1.165, 1.54) is 0 Å². The van der Waals surface area contributed by atoms with E-state index in [9.17, 15) is 8.78 Å². The van der Waals surface area contributed by atoms with Crippen LogP contribution in [0.15, 0.2) is 12.1 Å². The number of alkyl halides is 2. The van der Waals surface area contributed by atoms with E-state index in [0.29, 0.717) is 12.1 Å². The summed E-state index contributed by atoms with van der Waals surface area (Å²) in [6, 6.07) is 3.35. The minimum Gasteiger partial charge on any atom is -0.434 e. The third-order valence-electron chi connectivity index (χ3n) is 2.81. The molecule has 5 heteroatoms. The van der Waals surface area contributed by atoms with E-state index in [1.807, 2.05) is 26.8 Å². The van der Waals surface area contributed by atoms with E-state index in [1.54, 1.807) is 6.07 Å². The maximum atomic E-state index is 12.3. The van der Waals surface area contributed by atoms with Gasteiger partial charge in [-0.2, -0.15) is 8.78 Å². The van der Waals surface area contributed by atoms with Crippen LogP contribution in [0.3, 0.4) is 0 Å². The van der Waals surface area contributed by atoms with Gasteiger partial charge in [0.2, 0.25) is 0 Å². The van der Waals surface area contributed by atoms with Gasteiger partial charge < -0.3 is 15.2 Å². The second-order valence-electron chi connectivity index (χ2n) is 4.39. The summed E-state index contributed by atoms with van der Waals surface area (Å²) >= 11 is 0. The van der Waals surface area contributed by atoms with Crippen LogP contribution in [0, 0.1) is 13.8 Å². The molecule has 0 bridgehead atoms. The van der Waals surface area contributed by atoms with Crippen molar-refractivity contribution in [2.45, 2.75) is 40.0 Å². The van der Waals surface area contributed by atoms with E-state index in [0.717, 1.165) is 11.1 Å². The Morgan fingerprint density at radius 2 is 1.89 bits per heavy atom. The predicted octanol–water partition coefficient (Wildman–Crippen LogP) is 2.38. The standard InChI is InChI=1S/C13H19F2NO2/c1-8-4-11(6-16-10(3)7-17)12(5-9(8)2)18-13(14)15/h4-5,10,13,16-17H,6-7H2,1-3H3. The molecule has 0 heterocycles. The maximum absolute atomic E-state index is 12.3. The third kappa shape index (κ3) is 4.23. The molecule has 0 aliphatic carbocycles. The first-order valence-electron chi connectivity index (χ1n) is 5.83. The van der Waals surface area contributed by atoms with Crippen LogP contribution in [-0.4, -0.2) is 24.4 Å². The molecule has 0 fully saturated rings. The number of rotatable bonds is 6.